The van der Waals surface area contributed by atoms with Crippen molar-refractivity contribution in [2.45, 2.75) is 18.6 Å². The Morgan fingerprint density at radius 1 is 1.07 bits per heavy atom. The van der Waals surface area contributed by atoms with Crippen molar-refractivity contribution in [3.05, 3.63) is 71.3 Å². The van der Waals surface area contributed by atoms with Crippen LogP contribution in [0.5, 0.6) is 0 Å². The van der Waals surface area contributed by atoms with E-state index < -0.39 is 11.7 Å². The second-order valence-corrected chi connectivity index (χ2v) is 6.82. The Hall–Kier alpha value is -2.38. The fraction of sp³-hybridized carbons (Fsp3) is 0.381. The van der Waals surface area contributed by atoms with Crippen molar-refractivity contribution in [1.29, 1.82) is 0 Å². The first-order valence-corrected chi connectivity index (χ1v) is 9.22. The van der Waals surface area contributed by atoms with Crippen LogP contribution in [0.2, 0.25) is 0 Å². The molecule has 0 aromatic heterocycles. The number of morpholine rings is 1. The maximum atomic E-state index is 12.9. The standard InChI is InChI=1S/C21H23F3N2O2/c22-21(23,24)18-8-4-5-16(13-18)14-20(27)25-19(17-6-2-1-3-7-17)15-26-9-11-28-12-10-26/h1-8,13,19H,9-12,14-15H2,(H,25,27). The number of rotatable bonds is 6. The van der Waals surface area contributed by atoms with Crippen molar-refractivity contribution in [2.75, 3.05) is 32.8 Å². The Morgan fingerprint density at radius 3 is 2.46 bits per heavy atom. The van der Waals surface area contributed by atoms with Crippen molar-refractivity contribution in [2.24, 2.45) is 0 Å². The number of alkyl halides is 3. The van der Waals surface area contributed by atoms with Crippen molar-refractivity contribution in [3.63, 3.8) is 0 Å². The highest BCUT2D eigenvalue weighted by atomic mass is 19.4. The monoisotopic (exact) mass is 392 g/mol. The number of carbonyl (C=O) groups excluding carboxylic acids is 1. The molecule has 1 fully saturated rings. The molecule has 1 amide bonds. The zero-order chi connectivity index (χ0) is 20.0. The molecule has 0 saturated carbocycles. The number of amides is 1. The average molecular weight is 392 g/mol. The van der Waals surface area contributed by atoms with Crippen LogP contribution in [-0.4, -0.2) is 43.7 Å². The zero-order valence-corrected chi connectivity index (χ0v) is 15.4. The lowest BCUT2D eigenvalue weighted by Gasteiger charge is -2.31. The smallest absolute Gasteiger partial charge is 0.379 e. The number of nitrogens with one attached hydrogen (secondary N) is 1. The summed E-state index contributed by atoms with van der Waals surface area (Å²) in [5.74, 6) is -0.304. The summed E-state index contributed by atoms with van der Waals surface area (Å²) in [6, 6.07) is 14.2. The Kier molecular flexibility index (Phi) is 6.70. The SMILES string of the molecule is O=C(Cc1cccc(C(F)(F)F)c1)NC(CN1CCOCC1)c1ccccc1. The maximum Gasteiger partial charge on any atom is 0.416 e. The number of nitrogens with zero attached hydrogens (tertiary/aromatic N) is 1. The molecular weight excluding hydrogens is 369 g/mol. The van der Waals surface area contributed by atoms with Gasteiger partial charge in [0.1, 0.15) is 0 Å². The van der Waals surface area contributed by atoms with E-state index in [0.29, 0.717) is 25.3 Å². The molecule has 1 saturated heterocycles. The molecule has 0 bridgehead atoms. The van der Waals surface area contributed by atoms with E-state index in [2.05, 4.69) is 10.2 Å². The van der Waals surface area contributed by atoms with E-state index in [4.69, 9.17) is 4.74 Å². The molecular formula is C21H23F3N2O2. The average Bonchev–Trinajstić information content (AvgIpc) is 2.68. The Labute approximate surface area is 162 Å². The number of carbonyl (C=O) groups is 1. The summed E-state index contributed by atoms with van der Waals surface area (Å²) in [5.41, 5.74) is 0.558. The molecule has 1 aliphatic heterocycles. The lowest BCUT2D eigenvalue weighted by atomic mass is 10.0. The van der Waals surface area contributed by atoms with Crippen LogP contribution >= 0.6 is 0 Å². The molecule has 7 heteroatoms. The fourth-order valence-electron chi connectivity index (χ4n) is 3.25. The highest BCUT2D eigenvalue weighted by Crippen LogP contribution is 2.29. The Bertz CT molecular complexity index is 775. The van der Waals surface area contributed by atoms with E-state index in [0.717, 1.165) is 30.8 Å². The second-order valence-electron chi connectivity index (χ2n) is 6.82. The summed E-state index contributed by atoms with van der Waals surface area (Å²) in [5, 5.41) is 2.98. The molecule has 1 aliphatic rings. The van der Waals surface area contributed by atoms with Gasteiger partial charge in [0.15, 0.2) is 0 Å². The fourth-order valence-corrected chi connectivity index (χ4v) is 3.25. The summed E-state index contributed by atoms with van der Waals surface area (Å²) in [6.07, 6.45) is -4.52. The first-order valence-electron chi connectivity index (χ1n) is 9.22. The van der Waals surface area contributed by atoms with Gasteiger partial charge in [-0.05, 0) is 17.2 Å². The molecule has 0 aliphatic carbocycles. The Balaban J connectivity index is 1.68. The second kappa shape index (κ2) is 9.21. The van der Waals surface area contributed by atoms with Crippen molar-refractivity contribution >= 4 is 5.91 Å². The summed E-state index contributed by atoms with van der Waals surface area (Å²) in [4.78, 5) is 14.8. The molecule has 1 atom stereocenters. The first kappa shape index (κ1) is 20.4. The Morgan fingerprint density at radius 2 is 1.79 bits per heavy atom. The molecule has 150 valence electrons. The zero-order valence-electron chi connectivity index (χ0n) is 15.4. The maximum absolute atomic E-state index is 12.9. The lowest BCUT2D eigenvalue weighted by molar-refractivity contribution is -0.137. The van der Waals surface area contributed by atoms with Gasteiger partial charge in [0, 0.05) is 19.6 Å². The van der Waals surface area contributed by atoms with E-state index in [9.17, 15) is 18.0 Å². The highest BCUT2D eigenvalue weighted by molar-refractivity contribution is 5.79. The van der Waals surface area contributed by atoms with Gasteiger partial charge in [-0.25, -0.2) is 0 Å². The minimum atomic E-state index is -4.42. The molecule has 0 spiro atoms. The van der Waals surface area contributed by atoms with E-state index in [1.165, 1.54) is 12.1 Å². The quantitative estimate of drug-likeness (QED) is 0.819. The van der Waals surface area contributed by atoms with Crippen molar-refractivity contribution < 1.29 is 22.7 Å². The van der Waals surface area contributed by atoms with Crippen LogP contribution in [0.3, 0.4) is 0 Å². The summed E-state index contributed by atoms with van der Waals surface area (Å²) < 4.78 is 44.0. The van der Waals surface area contributed by atoms with Crippen molar-refractivity contribution in [3.8, 4) is 0 Å². The minimum absolute atomic E-state index is 0.101. The van der Waals surface area contributed by atoms with Gasteiger partial charge in [0.05, 0.1) is 31.2 Å². The first-order chi connectivity index (χ1) is 13.4. The van der Waals surface area contributed by atoms with Gasteiger partial charge in [-0.15, -0.1) is 0 Å². The summed E-state index contributed by atoms with van der Waals surface area (Å²) in [7, 11) is 0. The summed E-state index contributed by atoms with van der Waals surface area (Å²) in [6.45, 7) is 3.50. The minimum Gasteiger partial charge on any atom is -0.379 e. The van der Waals surface area contributed by atoms with Crippen LogP contribution in [0.4, 0.5) is 13.2 Å². The number of hydrogen-bond acceptors (Lipinski definition) is 3. The van der Waals surface area contributed by atoms with Crippen LogP contribution in [0, 0.1) is 0 Å². The molecule has 1 N–H and O–H groups in total. The molecule has 3 rings (SSSR count). The molecule has 1 unspecified atom stereocenters. The van der Waals surface area contributed by atoms with Crippen LogP contribution in [0.25, 0.3) is 0 Å². The number of benzene rings is 2. The third-order valence-corrected chi connectivity index (χ3v) is 4.70. The number of ether oxygens (including phenoxy) is 1. The summed E-state index contributed by atoms with van der Waals surface area (Å²) >= 11 is 0. The van der Waals surface area contributed by atoms with Crippen LogP contribution < -0.4 is 5.32 Å². The van der Waals surface area contributed by atoms with Crippen LogP contribution in [-0.2, 0) is 22.1 Å². The molecule has 1 heterocycles. The van der Waals surface area contributed by atoms with Gasteiger partial charge in [-0.1, -0.05) is 48.5 Å². The lowest BCUT2D eigenvalue weighted by Crippen LogP contribution is -2.43. The van der Waals surface area contributed by atoms with E-state index in [1.807, 2.05) is 30.3 Å². The van der Waals surface area contributed by atoms with Gasteiger partial charge in [-0.3, -0.25) is 9.69 Å². The molecule has 2 aromatic carbocycles. The van der Waals surface area contributed by atoms with Crippen LogP contribution in [0.1, 0.15) is 22.7 Å². The van der Waals surface area contributed by atoms with E-state index >= 15 is 0 Å². The van der Waals surface area contributed by atoms with E-state index in [-0.39, 0.29) is 18.4 Å². The van der Waals surface area contributed by atoms with Gasteiger partial charge in [0.2, 0.25) is 5.91 Å². The predicted molar refractivity (Wildman–Crippen MR) is 99.7 cm³/mol. The molecule has 2 aromatic rings. The molecule has 4 nitrogen and oxygen atoms in total. The van der Waals surface area contributed by atoms with Gasteiger partial charge < -0.3 is 10.1 Å². The van der Waals surface area contributed by atoms with Crippen molar-refractivity contribution in [1.82, 2.24) is 10.2 Å². The number of halogens is 3. The van der Waals surface area contributed by atoms with E-state index in [1.54, 1.807) is 0 Å². The predicted octanol–water partition coefficient (Wildman–Crippen LogP) is 3.44. The number of hydrogen-bond donors (Lipinski definition) is 1. The third-order valence-electron chi connectivity index (χ3n) is 4.70. The van der Waals surface area contributed by atoms with Gasteiger partial charge in [-0.2, -0.15) is 13.2 Å². The third kappa shape index (κ3) is 5.81. The molecule has 0 radical (unpaired) electrons. The normalized spacial score (nSPS) is 16.5. The largest absolute Gasteiger partial charge is 0.416 e. The highest BCUT2D eigenvalue weighted by Gasteiger charge is 2.30. The van der Waals surface area contributed by atoms with Crippen LogP contribution in [0.15, 0.2) is 54.6 Å². The van der Waals surface area contributed by atoms with Gasteiger partial charge >= 0.3 is 6.18 Å². The topological polar surface area (TPSA) is 41.6 Å². The van der Waals surface area contributed by atoms with Gasteiger partial charge in [0.25, 0.3) is 0 Å². The molecule has 28 heavy (non-hydrogen) atoms.